The van der Waals surface area contributed by atoms with Crippen LogP contribution in [-0.2, 0) is 16.0 Å². The number of benzene rings is 3. The minimum Gasteiger partial charge on any atom is -0.366 e. The molecule has 6 nitrogen and oxygen atoms in total. The number of hydrogen-bond donors (Lipinski definition) is 3. The molecule has 0 saturated carbocycles. The van der Waals surface area contributed by atoms with Gasteiger partial charge in [-0.3, -0.25) is 14.4 Å². The number of hydrogen-bond acceptors (Lipinski definition) is 3. The fraction of sp³-hybridized carbons (Fsp3) is 0.208. The van der Waals surface area contributed by atoms with Crippen LogP contribution in [0.2, 0.25) is 0 Å². The third-order valence-corrected chi connectivity index (χ3v) is 4.93. The molecule has 0 aliphatic heterocycles. The first-order chi connectivity index (χ1) is 14.3. The molecule has 0 aliphatic carbocycles. The minimum atomic E-state index is -0.691. The Kier molecular flexibility index (Phi) is 6.47. The Morgan fingerprint density at radius 2 is 1.57 bits per heavy atom. The van der Waals surface area contributed by atoms with Gasteiger partial charge in [0, 0.05) is 11.3 Å². The summed E-state index contributed by atoms with van der Waals surface area (Å²) in [5.74, 6) is -1.17. The highest BCUT2D eigenvalue weighted by atomic mass is 16.2. The first kappa shape index (κ1) is 21.0. The zero-order valence-corrected chi connectivity index (χ0v) is 17.0. The van der Waals surface area contributed by atoms with Crippen LogP contribution in [0.5, 0.6) is 0 Å². The fourth-order valence-electron chi connectivity index (χ4n) is 3.32. The molecule has 3 aromatic carbocycles. The molecule has 3 aromatic rings. The second-order valence-electron chi connectivity index (χ2n) is 7.54. The molecule has 30 heavy (non-hydrogen) atoms. The Morgan fingerprint density at radius 1 is 0.900 bits per heavy atom. The van der Waals surface area contributed by atoms with Gasteiger partial charge in [-0.1, -0.05) is 56.3 Å². The van der Waals surface area contributed by atoms with Crippen LogP contribution in [0, 0.1) is 5.92 Å². The van der Waals surface area contributed by atoms with Crippen LogP contribution in [-0.4, -0.2) is 23.8 Å². The maximum absolute atomic E-state index is 12.8. The number of amides is 3. The Morgan fingerprint density at radius 3 is 2.23 bits per heavy atom. The number of nitrogens with one attached hydrogen (secondary N) is 2. The van der Waals surface area contributed by atoms with Crippen molar-refractivity contribution in [2.24, 2.45) is 11.7 Å². The van der Waals surface area contributed by atoms with Crippen LogP contribution in [0.15, 0.2) is 66.7 Å². The van der Waals surface area contributed by atoms with E-state index < -0.39 is 11.9 Å². The van der Waals surface area contributed by atoms with Crippen LogP contribution < -0.4 is 16.4 Å². The van der Waals surface area contributed by atoms with Gasteiger partial charge < -0.3 is 16.4 Å². The second kappa shape index (κ2) is 9.22. The molecule has 154 valence electrons. The van der Waals surface area contributed by atoms with Gasteiger partial charge in [0.1, 0.15) is 6.04 Å². The van der Waals surface area contributed by atoms with E-state index in [1.54, 1.807) is 24.3 Å². The molecule has 0 aliphatic rings. The van der Waals surface area contributed by atoms with E-state index in [9.17, 15) is 14.4 Å². The molecule has 6 heteroatoms. The first-order valence-corrected chi connectivity index (χ1v) is 9.82. The maximum Gasteiger partial charge on any atom is 0.248 e. The van der Waals surface area contributed by atoms with E-state index in [0.29, 0.717) is 11.3 Å². The molecule has 1 atom stereocenters. The molecule has 3 rings (SSSR count). The molecule has 4 N–H and O–H groups in total. The van der Waals surface area contributed by atoms with Crippen LogP contribution in [0.3, 0.4) is 0 Å². The van der Waals surface area contributed by atoms with Crippen molar-refractivity contribution in [2.45, 2.75) is 26.3 Å². The third kappa shape index (κ3) is 5.03. The van der Waals surface area contributed by atoms with Gasteiger partial charge >= 0.3 is 0 Å². The Labute approximate surface area is 175 Å². The predicted octanol–water partition coefficient (Wildman–Crippen LogP) is 3.26. The molecule has 0 heterocycles. The highest BCUT2D eigenvalue weighted by molar-refractivity contribution is 5.99. The van der Waals surface area contributed by atoms with Crippen molar-refractivity contribution >= 4 is 34.2 Å². The lowest BCUT2D eigenvalue weighted by Crippen LogP contribution is -2.47. The van der Waals surface area contributed by atoms with Gasteiger partial charge in [-0.15, -0.1) is 0 Å². The fourth-order valence-corrected chi connectivity index (χ4v) is 3.32. The summed E-state index contributed by atoms with van der Waals surface area (Å²) in [6.07, 6.45) is 0.186. The number of primary amides is 1. The smallest absolute Gasteiger partial charge is 0.248 e. The van der Waals surface area contributed by atoms with Crippen molar-refractivity contribution in [2.75, 3.05) is 5.32 Å². The lowest BCUT2D eigenvalue weighted by atomic mass is 10.00. The van der Waals surface area contributed by atoms with E-state index in [1.165, 1.54) is 0 Å². The van der Waals surface area contributed by atoms with Crippen molar-refractivity contribution in [3.8, 4) is 0 Å². The average molecular weight is 403 g/mol. The molecule has 1 unspecified atom stereocenters. The number of fused-ring (bicyclic) bond motifs is 1. The summed E-state index contributed by atoms with van der Waals surface area (Å²) in [5, 5.41) is 7.73. The summed E-state index contributed by atoms with van der Waals surface area (Å²) in [4.78, 5) is 36.6. The topological polar surface area (TPSA) is 101 Å². The van der Waals surface area contributed by atoms with E-state index >= 15 is 0 Å². The van der Waals surface area contributed by atoms with Gasteiger partial charge in [0.2, 0.25) is 17.7 Å². The molecule has 0 radical (unpaired) electrons. The summed E-state index contributed by atoms with van der Waals surface area (Å²) in [6, 6.07) is 19.3. The number of nitrogens with two attached hydrogens (primary N) is 1. The van der Waals surface area contributed by atoms with Gasteiger partial charge in [0.25, 0.3) is 0 Å². The van der Waals surface area contributed by atoms with Crippen molar-refractivity contribution < 1.29 is 14.4 Å². The number of carbonyl (C=O) groups is 3. The highest BCUT2D eigenvalue weighted by Gasteiger charge is 2.24. The summed E-state index contributed by atoms with van der Waals surface area (Å²) < 4.78 is 0. The SMILES string of the molecule is CC(C)C(NC(=O)Cc1cccc2ccccc12)C(=O)Nc1ccc(C(N)=O)cc1. The van der Waals surface area contributed by atoms with E-state index in [2.05, 4.69) is 10.6 Å². The summed E-state index contributed by atoms with van der Waals surface area (Å²) >= 11 is 0. The van der Waals surface area contributed by atoms with Crippen LogP contribution in [0.4, 0.5) is 5.69 Å². The molecule has 0 spiro atoms. The molecule has 3 amide bonds. The molecule has 0 saturated heterocycles. The molecule has 0 aromatic heterocycles. The van der Waals surface area contributed by atoms with Crippen molar-refractivity contribution in [1.82, 2.24) is 5.32 Å². The predicted molar refractivity (Wildman–Crippen MR) is 118 cm³/mol. The third-order valence-electron chi connectivity index (χ3n) is 4.93. The Bertz CT molecular complexity index is 1070. The summed E-state index contributed by atoms with van der Waals surface area (Å²) in [6.45, 7) is 3.75. The zero-order chi connectivity index (χ0) is 21.7. The number of carbonyl (C=O) groups excluding carboxylic acids is 3. The molecule has 0 fully saturated rings. The summed E-state index contributed by atoms with van der Waals surface area (Å²) in [7, 11) is 0. The summed E-state index contributed by atoms with van der Waals surface area (Å²) in [5.41, 5.74) is 7.03. The first-order valence-electron chi connectivity index (χ1n) is 9.82. The lowest BCUT2D eigenvalue weighted by Gasteiger charge is -2.22. The van der Waals surface area contributed by atoms with Gasteiger partial charge in [0.15, 0.2) is 0 Å². The lowest BCUT2D eigenvalue weighted by molar-refractivity contribution is -0.127. The number of rotatable bonds is 7. The zero-order valence-electron chi connectivity index (χ0n) is 17.0. The van der Waals surface area contributed by atoms with Gasteiger partial charge in [-0.05, 0) is 46.5 Å². The van der Waals surface area contributed by atoms with E-state index in [-0.39, 0.29) is 24.2 Å². The highest BCUT2D eigenvalue weighted by Crippen LogP contribution is 2.19. The maximum atomic E-state index is 12.8. The van der Waals surface area contributed by atoms with Crippen LogP contribution in [0.25, 0.3) is 10.8 Å². The Hall–Kier alpha value is -3.67. The standard InChI is InChI=1S/C24H25N3O3/c1-15(2)22(24(30)26-19-12-10-17(11-13-19)23(25)29)27-21(28)14-18-8-5-7-16-6-3-4-9-20(16)18/h3-13,15,22H,14H2,1-2H3,(H2,25,29)(H,26,30)(H,27,28). The van der Waals surface area contributed by atoms with E-state index in [4.69, 9.17) is 5.73 Å². The van der Waals surface area contributed by atoms with Crippen LogP contribution >= 0.6 is 0 Å². The number of anilines is 1. The van der Waals surface area contributed by atoms with Gasteiger partial charge in [-0.25, -0.2) is 0 Å². The van der Waals surface area contributed by atoms with E-state index in [0.717, 1.165) is 16.3 Å². The van der Waals surface area contributed by atoms with Crippen molar-refractivity contribution in [3.63, 3.8) is 0 Å². The second-order valence-corrected chi connectivity index (χ2v) is 7.54. The molecular weight excluding hydrogens is 378 g/mol. The monoisotopic (exact) mass is 403 g/mol. The normalized spacial score (nSPS) is 11.8. The largest absolute Gasteiger partial charge is 0.366 e. The molecular formula is C24H25N3O3. The quantitative estimate of drug-likeness (QED) is 0.564. The van der Waals surface area contributed by atoms with Crippen molar-refractivity contribution in [3.05, 3.63) is 77.9 Å². The van der Waals surface area contributed by atoms with Crippen molar-refractivity contribution in [1.29, 1.82) is 0 Å². The van der Waals surface area contributed by atoms with E-state index in [1.807, 2.05) is 56.3 Å². The van der Waals surface area contributed by atoms with Crippen LogP contribution in [0.1, 0.15) is 29.8 Å². The van der Waals surface area contributed by atoms with Gasteiger partial charge in [-0.2, -0.15) is 0 Å². The minimum absolute atomic E-state index is 0.105. The average Bonchev–Trinajstić information content (AvgIpc) is 2.72. The van der Waals surface area contributed by atoms with Gasteiger partial charge in [0.05, 0.1) is 6.42 Å². The Balaban J connectivity index is 1.69. The molecule has 0 bridgehead atoms.